The number of carbonyl (C=O) groups is 1. The Labute approximate surface area is 154 Å². The number of fused-ring (bicyclic) bond motifs is 1. The van der Waals surface area contributed by atoms with Gasteiger partial charge in [-0.05, 0) is 60.7 Å². The third kappa shape index (κ3) is 3.41. The van der Waals surface area contributed by atoms with Gasteiger partial charge in [-0.15, -0.1) is 0 Å². The van der Waals surface area contributed by atoms with Crippen molar-refractivity contribution < 1.29 is 18.0 Å². The van der Waals surface area contributed by atoms with Crippen LogP contribution in [0.5, 0.6) is 0 Å². The van der Waals surface area contributed by atoms with E-state index in [4.69, 9.17) is 0 Å². The summed E-state index contributed by atoms with van der Waals surface area (Å²) < 4.78 is 38.0. The molecule has 1 aromatic carbocycles. The summed E-state index contributed by atoms with van der Waals surface area (Å²) in [6, 6.07) is 8.46. The topological polar surface area (TPSA) is 49.0 Å². The number of aromatic amines is 1. The van der Waals surface area contributed by atoms with Gasteiger partial charge in [-0.1, -0.05) is 0 Å². The van der Waals surface area contributed by atoms with E-state index in [9.17, 15) is 18.0 Å². The monoisotopic (exact) mass is 373 g/mol. The van der Waals surface area contributed by atoms with Gasteiger partial charge in [0.25, 0.3) is 5.91 Å². The molecule has 0 radical (unpaired) electrons. The van der Waals surface area contributed by atoms with E-state index in [1.54, 1.807) is 11.1 Å². The van der Waals surface area contributed by atoms with Crippen LogP contribution in [-0.4, -0.2) is 33.9 Å². The fourth-order valence-electron chi connectivity index (χ4n) is 3.72. The van der Waals surface area contributed by atoms with Crippen LogP contribution in [0, 0.1) is 0 Å². The first kappa shape index (κ1) is 17.6. The van der Waals surface area contributed by atoms with Gasteiger partial charge < -0.3 is 9.88 Å². The van der Waals surface area contributed by atoms with E-state index < -0.39 is 11.7 Å². The summed E-state index contributed by atoms with van der Waals surface area (Å²) in [5, 5.41) is 1.10. The Hall–Kier alpha value is -2.83. The van der Waals surface area contributed by atoms with E-state index in [1.165, 1.54) is 17.7 Å². The predicted molar refractivity (Wildman–Crippen MR) is 95.4 cm³/mol. The van der Waals surface area contributed by atoms with Crippen molar-refractivity contribution in [2.75, 3.05) is 13.1 Å². The number of pyridine rings is 1. The molecule has 0 spiro atoms. The van der Waals surface area contributed by atoms with E-state index >= 15 is 0 Å². The molecule has 1 fully saturated rings. The van der Waals surface area contributed by atoms with Gasteiger partial charge in [0.2, 0.25) is 0 Å². The number of hydrogen-bond acceptors (Lipinski definition) is 2. The first-order valence-corrected chi connectivity index (χ1v) is 8.82. The number of alkyl halides is 3. The van der Waals surface area contributed by atoms with Crippen molar-refractivity contribution in [3.05, 3.63) is 65.5 Å². The van der Waals surface area contributed by atoms with Gasteiger partial charge in [-0.2, -0.15) is 13.2 Å². The van der Waals surface area contributed by atoms with E-state index in [2.05, 4.69) is 9.97 Å². The number of halogens is 3. The molecule has 1 aliphatic rings. The quantitative estimate of drug-likeness (QED) is 0.714. The summed E-state index contributed by atoms with van der Waals surface area (Å²) in [6.07, 6.45) is 0.889. The highest BCUT2D eigenvalue weighted by Gasteiger charge is 2.31. The lowest BCUT2D eigenvalue weighted by molar-refractivity contribution is -0.137. The number of likely N-dealkylation sites (tertiary alicyclic amines) is 1. The molecular weight excluding hydrogens is 355 g/mol. The van der Waals surface area contributed by atoms with Crippen molar-refractivity contribution in [1.29, 1.82) is 0 Å². The van der Waals surface area contributed by atoms with E-state index in [1.807, 2.05) is 18.3 Å². The Morgan fingerprint density at radius 3 is 2.44 bits per heavy atom. The third-order valence-corrected chi connectivity index (χ3v) is 5.18. The van der Waals surface area contributed by atoms with Gasteiger partial charge in [0.1, 0.15) is 5.65 Å². The average Bonchev–Trinajstić information content (AvgIpc) is 3.16. The summed E-state index contributed by atoms with van der Waals surface area (Å²) in [7, 11) is 0. The van der Waals surface area contributed by atoms with Gasteiger partial charge in [-0.3, -0.25) is 4.79 Å². The fourth-order valence-corrected chi connectivity index (χ4v) is 3.72. The lowest BCUT2D eigenvalue weighted by Gasteiger charge is -2.32. The van der Waals surface area contributed by atoms with Crippen LogP contribution in [0.1, 0.15) is 40.2 Å². The minimum atomic E-state index is -4.39. The summed E-state index contributed by atoms with van der Waals surface area (Å²) in [5.74, 6) is 0.117. The maximum Gasteiger partial charge on any atom is 0.416 e. The van der Waals surface area contributed by atoms with E-state index in [0.717, 1.165) is 36.0 Å². The normalized spacial score (nSPS) is 16.0. The zero-order valence-electron chi connectivity index (χ0n) is 14.5. The molecule has 1 N–H and O–H groups in total. The number of aromatic nitrogens is 2. The molecule has 4 rings (SSSR count). The number of hydrogen-bond donors (Lipinski definition) is 1. The van der Waals surface area contributed by atoms with Gasteiger partial charge in [0, 0.05) is 36.4 Å². The minimum Gasteiger partial charge on any atom is -0.346 e. The molecule has 0 saturated carbocycles. The average molecular weight is 373 g/mol. The Balaban J connectivity index is 1.44. The minimum absolute atomic E-state index is 0.219. The first-order chi connectivity index (χ1) is 12.9. The Bertz CT molecular complexity index is 955. The Morgan fingerprint density at radius 1 is 1.07 bits per heavy atom. The number of rotatable bonds is 2. The van der Waals surface area contributed by atoms with Gasteiger partial charge in [0.15, 0.2) is 0 Å². The van der Waals surface area contributed by atoms with Crippen LogP contribution in [0.3, 0.4) is 0 Å². The highest BCUT2D eigenvalue weighted by atomic mass is 19.4. The van der Waals surface area contributed by atoms with Crippen molar-refractivity contribution in [1.82, 2.24) is 14.9 Å². The second-order valence-electron chi connectivity index (χ2n) is 6.78. The van der Waals surface area contributed by atoms with Gasteiger partial charge in [0.05, 0.1) is 5.56 Å². The first-order valence-electron chi connectivity index (χ1n) is 8.82. The molecule has 0 aliphatic carbocycles. The number of carbonyl (C=O) groups excluding carboxylic acids is 1. The molecule has 27 heavy (non-hydrogen) atoms. The molecule has 0 unspecified atom stereocenters. The zero-order chi connectivity index (χ0) is 19.0. The van der Waals surface area contributed by atoms with Crippen LogP contribution in [0.25, 0.3) is 11.0 Å². The molecule has 7 heteroatoms. The lowest BCUT2D eigenvalue weighted by atomic mass is 9.88. The molecule has 0 bridgehead atoms. The molecule has 3 heterocycles. The highest BCUT2D eigenvalue weighted by molar-refractivity contribution is 5.94. The fraction of sp³-hybridized carbons (Fsp3) is 0.300. The highest BCUT2D eigenvalue weighted by Crippen LogP contribution is 2.33. The van der Waals surface area contributed by atoms with Crippen LogP contribution >= 0.6 is 0 Å². The largest absolute Gasteiger partial charge is 0.416 e. The van der Waals surface area contributed by atoms with Crippen LogP contribution < -0.4 is 0 Å². The van der Waals surface area contributed by atoms with Crippen molar-refractivity contribution in [2.45, 2.75) is 24.9 Å². The second kappa shape index (κ2) is 6.72. The van der Waals surface area contributed by atoms with Crippen molar-refractivity contribution in [3.63, 3.8) is 0 Å². The van der Waals surface area contributed by atoms with Gasteiger partial charge >= 0.3 is 6.18 Å². The molecule has 4 nitrogen and oxygen atoms in total. The predicted octanol–water partition coefficient (Wildman–Crippen LogP) is 4.60. The van der Waals surface area contributed by atoms with E-state index in [0.29, 0.717) is 24.6 Å². The Morgan fingerprint density at radius 2 is 1.78 bits per heavy atom. The maximum absolute atomic E-state index is 12.7. The smallest absolute Gasteiger partial charge is 0.346 e. The summed E-state index contributed by atoms with van der Waals surface area (Å²) in [5.41, 5.74) is 1.63. The SMILES string of the molecule is O=C(c1ccc(C(F)(F)F)cc1)N1CCC(c2ccnc3[nH]ccc23)CC1. The number of nitrogens with zero attached hydrogens (tertiary/aromatic N) is 2. The van der Waals surface area contributed by atoms with Crippen molar-refractivity contribution in [2.24, 2.45) is 0 Å². The van der Waals surface area contributed by atoms with Crippen molar-refractivity contribution >= 4 is 16.9 Å². The Kier molecular flexibility index (Phi) is 4.37. The third-order valence-electron chi connectivity index (χ3n) is 5.18. The second-order valence-corrected chi connectivity index (χ2v) is 6.78. The van der Waals surface area contributed by atoms with Crippen molar-refractivity contribution in [3.8, 4) is 0 Å². The molecule has 1 amide bonds. The number of benzene rings is 1. The van der Waals surface area contributed by atoms with Gasteiger partial charge in [-0.25, -0.2) is 4.98 Å². The summed E-state index contributed by atoms with van der Waals surface area (Å²) >= 11 is 0. The molecular formula is C20H18F3N3O. The van der Waals surface area contributed by atoms with Crippen LogP contribution in [0.4, 0.5) is 13.2 Å². The van der Waals surface area contributed by atoms with Crippen LogP contribution in [-0.2, 0) is 6.18 Å². The van der Waals surface area contributed by atoms with Crippen LogP contribution in [0.2, 0.25) is 0 Å². The van der Waals surface area contributed by atoms with E-state index in [-0.39, 0.29) is 5.91 Å². The lowest BCUT2D eigenvalue weighted by Crippen LogP contribution is -2.38. The van der Waals surface area contributed by atoms with Crippen LogP contribution in [0.15, 0.2) is 48.8 Å². The number of H-pyrrole nitrogens is 1. The number of piperidine rings is 1. The molecule has 140 valence electrons. The molecule has 2 aromatic heterocycles. The zero-order valence-corrected chi connectivity index (χ0v) is 14.5. The standard InChI is InChI=1S/C20H18F3N3O/c21-20(22,23)15-3-1-14(2-4-15)19(27)26-11-7-13(8-12-26)16-5-9-24-18-17(16)6-10-25-18/h1-6,9-10,13H,7-8,11-12H2,(H,24,25). The number of nitrogens with one attached hydrogen (secondary N) is 1. The molecule has 1 saturated heterocycles. The molecule has 3 aromatic rings. The summed E-state index contributed by atoms with van der Waals surface area (Å²) in [4.78, 5) is 21.7. The number of amides is 1. The molecule has 0 atom stereocenters. The molecule has 1 aliphatic heterocycles. The summed E-state index contributed by atoms with van der Waals surface area (Å²) in [6.45, 7) is 1.16. The maximum atomic E-state index is 12.7.